The van der Waals surface area contributed by atoms with Gasteiger partial charge in [0.15, 0.2) is 5.11 Å². The zero-order chi connectivity index (χ0) is 16.8. The van der Waals surface area contributed by atoms with E-state index in [4.69, 9.17) is 47.0 Å². The van der Waals surface area contributed by atoms with E-state index in [9.17, 15) is 4.79 Å². The molecule has 118 valence electrons. The van der Waals surface area contributed by atoms with Crippen molar-refractivity contribution in [2.45, 2.75) is 0 Å². The fourth-order valence-electron chi connectivity index (χ4n) is 1.67. The molecule has 2 N–H and O–H groups in total. The third-order valence-corrected chi connectivity index (χ3v) is 3.83. The molecular weight excluding hydrogens is 375 g/mol. The van der Waals surface area contributed by atoms with Crippen molar-refractivity contribution >= 4 is 69.8 Å². The van der Waals surface area contributed by atoms with Gasteiger partial charge in [-0.1, -0.05) is 53.0 Å². The van der Waals surface area contributed by atoms with E-state index < -0.39 is 0 Å². The standard InChI is InChI=1S/C16H11Cl3N2OS/c17-11-6-7-14(13(19)9-11)20-16(23)21-15(22)8-5-10-3-1-2-4-12(10)18/h1-9H,(H2,20,21,22,23)/b8-5+. The molecule has 0 aliphatic carbocycles. The Hall–Kier alpha value is -1.59. The summed E-state index contributed by atoms with van der Waals surface area (Å²) in [7, 11) is 0. The molecule has 3 nitrogen and oxygen atoms in total. The van der Waals surface area contributed by atoms with E-state index in [1.165, 1.54) is 6.08 Å². The summed E-state index contributed by atoms with van der Waals surface area (Å²) in [4.78, 5) is 11.8. The number of rotatable bonds is 3. The zero-order valence-electron chi connectivity index (χ0n) is 11.6. The van der Waals surface area contributed by atoms with Gasteiger partial charge in [-0.05, 0) is 48.1 Å². The van der Waals surface area contributed by atoms with Crippen LogP contribution >= 0.6 is 47.0 Å². The lowest BCUT2D eigenvalue weighted by Crippen LogP contribution is -2.32. The molecule has 0 aliphatic heterocycles. The van der Waals surface area contributed by atoms with Crippen LogP contribution in [0.15, 0.2) is 48.5 Å². The van der Waals surface area contributed by atoms with Gasteiger partial charge in [-0.3, -0.25) is 10.1 Å². The molecule has 0 saturated carbocycles. The molecule has 2 aromatic rings. The summed E-state index contributed by atoms with van der Waals surface area (Å²) < 4.78 is 0. The highest BCUT2D eigenvalue weighted by Gasteiger charge is 2.05. The zero-order valence-corrected chi connectivity index (χ0v) is 14.7. The summed E-state index contributed by atoms with van der Waals surface area (Å²) in [6.07, 6.45) is 2.95. The summed E-state index contributed by atoms with van der Waals surface area (Å²) in [6.45, 7) is 0. The molecule has 0 bridgehead atoms. The van der Waals surface area contributed by atoms with Crippen LogP contribution in [0.5, 0.6) is 0 Å². The minimum Gasteiger partial charge on any atom is -0.331 e. The fourth-order valence-corrected chi connectivity index (χ4v) is 2.54. The molecule has 0 unspecified atom stereocenters. The van der Waals surface area contributed by atoms with Gasteiger partial charge in [0.2, 0.25) is 5.91 Å². The van der Waals surface area contributed by atoms with Crippen molar-refractivity contribution in [1.82, 2.24) is 5.32 Å². The Morgan fingerprint density at radius 3 is 2.48 bits per heavy atom. The topological polar surface area (TPSA) is 41.1 Å². The molecule has 7 heteroatoms. The fraction of sp³-hybridized carbons (Fsp3) is 0. The van der Waals surface area contributed by atoms with Crippen LogP contribution < -0.4 is 10.6 Å². The molecule has 0 aliphatic rings. The predicted octanol–water partition coefficient (Wildman–Crippen LogP) is 5.17. The van der Waals surface area contributed by atoms with Crippen LogP contribution in [0.25, 0.3) is 6.08 Å². The maximum absolute atomic E-state index is 11.8. The van der Waals surface area contributed by atoms with Crippen molar-refractivity contribution in [1.29, 1.82) is 0 Å². The molecule has 0 saturated heterocycles. The molecule has 0 aromatic heterocycles. The van der Waals surface area contributed by atoms with Crippen LogP contribution in [0, 0.1) is 0 Å². The van der Waals surface area contributed by atoms with E-state index in [0.29, 0.717) is 20.8 Å². The van der Waals surface area contributed by atoms with E-state index in [2.05, 4.69) is 10.6 Å². The van der Waals surface area contributed by atoms with Crippen LogP contribution in [0.3, 0.4) is 0 Å². The molecule has 2 rings (SSSR count). The van der Waals surface area contributed by atoms with E-state index in [1.807, 2.05) is 12.1 Å². The highest BCUT2D eigenvalue weighted by molar-refractivity contribution is 7.80. The minimum absolute atomic E-state index is 0.128. The Kier molecular flexibility index (Phi) is 6.42. The van der Waals surface area contributed by atoms with Crippen molar-refractivity contribution in [3.63, 3.8) is 0 Å². The van der Waals surface area contributed by atoms with Gasteiger partial charge in [-0.25, -0.2) is 0 Å². The lowest BCUT2D eigenvalue weighted by Gasteiger charge is -2.09. The summed E-state index contributed by atoms with van der Waals surface area (Å²) in [5.74, 6) is -0.382. The first-order valence-corrected chi connectivity index (χ1v) is 7.99. The van der Waals surface area contributed by atoms with E-state index >= 15 is 0 Å². The molecule has 0 spiro atoms. The highest BCUT2D eigenvalue weighted by atomic mass is 35.5. The van der Waals surface area contributed by atoms with E-state index in [1.54, 1.807) is 36.4 Å². The number of hydrogen-bond donors (Lipinski definition) is 2. The molecule has 0 heterocycles. The summed E-state index contributed by atoms with van der Waals surface area (Å²) in [6, 6.07) is 12.1. The Morgan fingerprint density at radius 2 is 1.78 bits per heavy atom. The van der Waals surface area contributed by atoms with E-state index in [-0.39, 0.29) is 11.0 Å². The first kappa shape index (κ1) is 17.8. The molecular formula is C16H11Cl3N2OS. The van der Waals surface area contributed by atoms with Crippen molar-refractivity contribution in [3.05, 3.63) is 69.2 Å². The molecule has 2 aromatic carbocycles. The Labute approximate surface area is 154 Å². The van der Waals surface area contributed by atoms with Crippen LogP contribution in [-0.2, 0) is 4.79 Å². The van der Waals surface area contributed by atoms with Crippen LogP contribution in [0.1, 0.15) is 5.56 Å². The number of carbonyl (C=O) groups excluding carboxylic acids is 1. The lowest BCUT2D eigenvalue weighted by molar-refractivity contribution is -0.115. The lowest BCUT2D eigenvalue weighted by atomic mass is 10.2. The Balaban J connectivity index is 1.95. The number of nitrogens with one attached hydrogen (secondary N) is 2. The number of benzene rings is 2. The smallest absolute Gasteiger partial charge is 0.250 e. The summed E-state index contributed by atoms with van der Waals surface area (Å²) in [5.41, 5.74) is 1.29. The molecule has 0 atom stereocenters. The van der Waals surface area contributed by atoms with Gasteiger partial charge in [0.05, 0.1) is 10.7 Å². The highest BCUT2D eigenvalue weighted by Crippen LogP contribution is 2.25. The van der Waals surface area contributed by atoms with Gasteiger partial charge in [0.25, 0.3) is 0 Å². The maximum atomic E-state index is 11.8. The first-order valence-electron chi connectivity index (χ1n) is 6.45. The van der Waals surface area contributed by atoms with Gasteiger partial charge >= 0.3 is 0 Å². The van der Waals surface area contributed by atoms with Crippen LogP contribution in [-0.4, -0.2) is 11.0 Å². The number of thiocarbonyl (C=S) groups is 1. The SMILES string of the molecule is O=C(/C=C/c1ccccc1Cl)NC(=S)Nc1ccc(Cl)cc1Cl. The summed E-state index contributed by atoms with van der Waals surface area (Å²) in [5, 5.41) is 6.95. The Morgan fingerprint density at radius 1 is 1.04 bits per heavy atom. The van der Waals surface area contributed by atoms with Gasteiger partial charge in [0, 0.05) is 16.1 Å². The van der Waals surface area contributed by atoms with Crippen molar-refractivity contribution in [2.75, 3.05) is 5.32 Å². The average Bonchev–Trinajstić information content (AvgIpc) is 2.49. The quantitative estimate of drug-likeness (QED) is 0.565. The largest absolute Gasteiger partial charge is 0.331 e. The predicted molar refractivity (Wildman–Crippen MR) is 101 cm³/mol. The van der Waals surface area contributed by atoms with Crippen molar-refractivity contribution in [3.8, 4) is 0 Å². The van der Waals surface area contributed by atoms with Gasteiger partial charge < -0.3 is 5.32 Å². The maximum Gasteiger partial charge on any atom is 0.250 e. The summed E-state index contributed by atoms with van der Waals surface area (Å²) >= 11 is 22.9. The molecule has 0 fully saturated rings. The van der Waals surface area contributed by atoms with Crippen LogP contribution in [0.2, 0.25) is 15.1 Å². The van der Waals surface area contributed by atoms with Gasteiger partial charge in [-0.2, -0.15) is 0 Å². The van der Waals surface area contributed by atoms with Gasteiger partial charge in [0.1, 0.15) is 0 Å². The number of anilines is 1. The molecule has 1 amide bonds. The Bertz CT molecular complexity index is 778. The van der Waals surface area contributed by atoms with Gasteiger partial charge in [-0.15, -0.1) is 0 Å². The third-order valence-electron chi connectivity index (χ3n) is 2.74. The number of carbonyl (C=O) groups is 1. The first-order chi connectivity index (χ1) is 11.0. The van der Waals surface area contributed by atoms with E-state index in [0.717, 1.165) is 5.56 Å². The second-order valence-electron chi connectivity index (χ2n) is 4.42. The number of hydrogen-bond acceptors (Lipinski definition) is 2. The monoisotopic (exact) mass is 384 g/mol. The third kappa shape index (κ3) is 5.52. The molecule has 0 radical (unpaired) electrons. The van der Waals surface area contributed by atoms with Crippen molar-refractivity contribution in [2.24, 2.45) is 0 Å². The average molecular weight is 386 g/mol. The number of amides is 1. The second kappa shape index (κ2) is 8.31. The minimum atomic E-state index is -0.382. The normalized spacial score (nSPS) is 10.6. The van der Waals surface area contributed by atoms with Crippen molar-refractivity contribution < 1.29 is 4.79 Å². The second-order valence-corrected chi connectivity index (χ2v) is 6.08. The van der Waals surface area contributed by atoms with Crippen LogP contribution in [0.4, 0.5) is 5.69 Å². The number of halogens is 3. The molecule has 23 heavy (non-hydrogen) atoms.